The quantitative estimate of drug-likeness (QED) is 0.793. The Hall–Kier alpha value is -1.93. The highest BCUT2D eigenvalue weighted by atomic mass is 16.5. The number of nitrogens with two attached hydrogens (primary N) is 1. The summed E-state index contributed by atoms with van der Waals surface area (Å²) in [6.45, 7) is 8.41. The molecular weight excluding hydrogens is 298 g/mol. The lowest BCUT2D eigenvalue weighted by molar-refractivity contribution is -0.135. The molecule has 8 heteroatoms. The Bertz CT molecular complexity index is 549. The number of nitrogens with one attached hydrogen (secondary N) is 1. The Balaban J connectivity index is 1.76. The minimum atomic E-state index is -0.458. The van der Waals surface area contributed by atoms with Gasteiger partial charge in [0.25, 0.3) is 0 Å². The Kier molecular flexibility index (Phi) is 5.73. The molecule has 0 radical (unpaired) electrons. The highest BCUT2D eigenvalue weighted by Gasteiger charge is 2.27. The normalized spacial score (nSPS) is 17.3. The van der Waals surface area contributed by atoms with Crippen LogP contribution in [-0.2, 0) is 9.59 Å². The highest BCUT2D eigenvalue weighted by molar-refractivity contribution is 5.91. The number of nitrogens with zero attached hydrogens (tertiary/aromatic N) is 3. The molecule has 1 saturated heterocycles. The van der Waals surface area contributed by atoms with Crippen molar-refractivity contribution in [2.45, 2.75) is 26.8 Å². The van der Waals surface area contributed by atoms with Crippen LogP contribution >= 0.6 is 0 Å². The van der Waals surface area contributed by atoms with Crippen molar-refractivity contribution in [3.8, 4) is 0 Å². The number of piperazine rings is 1. The van der Waals surface area contributed by atoms with Gasteiger partial charge in [-0.05, 0) is 12.8 Å². The van der Waals surface area contributed by atoms with Crippen molar-refractivity contribution in [1.82, 2.24) is 15.0 Å². The van der Waals surface area contributed by atoms with E-state index in [1.165, 1.54) is 0 Å². The maximum absolute atomic E-state index is 12.2. The molecule has 1 fully saturated rings. The van der Waals surface area contributed by atoms with Gasteiger partial charge >= 0.3 is 0 Å². The Morgan fingerprint density at radius 2 is 2.00 bits per heavy atom. The van der Waals surface area contributed by atoms with Gasteiger partial charge in [-0.15, -0.1) is 0 Å². The number of carbonyl (C=O) groups is 2. The van der Waals surface area contributed by atoms with E-state index in [4.69, 9.17) is 10.3 Å². The third-order valence-corrected chi connectivity index (χ3v) is 3.95. The van der Waals surface area contributed by atoms with Crippen molar-refractivity contribution in [1.29, 1.82) is 0 Å². The summed E-state index contributed by atoms with van der Waals surface area (Å²) in [4.78, 5) is 27.9. The summed E-state index contributed by atoms with van der Waals surface area (Å²) in [5.74, 6) is 1.04. The number of carbonyl (C=O) groups excluding carboxylic acids is 2. The van der Waals surface area contributed by atoms with Crippen LogP contribution < -0.4 is 11.1 Å². The number of anilines is 1. The maximum Gasteiger partial charge on any atom is 0.239 e. The largest absolute Gasteiger partial charge is 0.360 e. The van der Waals surface area contributed by atoms with Crippen LogP contribution in [0.4, 0.5) is 5.82 Å². The van der Waals surface area contributed by atoms with Gasteiger partial charge in [0.05, 0.1) is 12.6 Å². The van der Waals surface area contributed by atoms with Crippen LogP contribution in [-0.4, -0.2) is 65.5 Å². The molecule has 1 aliphatic rings. The van der Waals surface area contributed by atoms with Crippen molar-refractivity contribution in [2.75, 3.05) is 38.0 Å². The van der Waals surface area contributed by atoms with E-state index in [1.54, 1.807) is 17.9 Å². The average Bonchev–Trinajstić information content (AvgIpc) is 2.91. The molecule has 1 aromatic rings. The van der Waals surface area contributed by atoms with Gasteiger partial charge in [-0.1, -0.05) is 19.0 Å². The average molecular weight is 323 g/mol. The molecule has 0 aromatic carbocycles. The first-order chi connectivity index (χ1) is 10.9. The van der Waals surface area contributed by atoms with Crippen molar-refractivity contribution >= 4 is 17.6 Å². The Labute approximate surface area is 136 Å². The summed E-state index contributed by atoms with van der Waals surface area (Å²) >= 11 is 0. The van der Waals surface area contributed by atoms with Crippen LogP contribution in [0.5, 0.6) is 0 Å². The zero-order chi connectivity index (χ0) is 17.0. The van der Waals surface area contributed by atoms with Gasteiger partial charge in [-0.3, -0.25) is 14.5 Å². The van der Waals surface area contributed by atoms with Crippen molar-refractivity contribution in [3.05, 3.63) is 11.8 Å². The van der Waals surface area contributed by atoms with E-state index >= 15 is 0 Å². The zero-order valence-electron chi connectivity index (χ0n) is 13.9. The maximum atomic E-state index is 12.2. The third kappa shape index (κ3) is 4.77. The number of hydrogen-bond acceptors (Lipinski definition) is 6. The number of aryl methyl sites for hydroxylation is 1. The third-order valence-electron chi connectivity index (χ3n) is 3.95. The molecule has 23 heavy (non-hydrogen) atoms. The molecule has 8 nitrogen and oxygen atoms in total. The molecule has 0 bridgehead atoms. The van der Waals surface area contributed by atoms with E-state index in [2.05, 4.69) is 10.5 Å². The van der Waals surface area contributed by atoms with E-state index in [0.717, 1.165) is 0 Å². The molecule has 1 aromatic heterocycles. The first-order valence-electron chi connectivity index (χ1n) is 7.86. The van der Waals surface area contributed by atoms with E-state index in [1.807, 2.05) is 18.7 Å². The number of amides is 2. The molecule has 128 valence electrons. The predicted molar refractivity (Wildman–Crippen MR) is 85.7 cm³/mol. The van der Waals surface area contributed by atoms with Crippen LogP contribution in [0.25, 0.3) is 0 Å². The molecule has 0 spiro atoms. The van der Waals surface area contributed by atoms with Crippen molar-refractivity contribution in [2.24, 2.45) is 11.7 Å². The van der Waals surface area contributed by atoms with E-state index in [9.17, 15) is 9.59 Å². The summed E-state index contributed by atoms with van der Waals surface area (Å²) in [5.41, 5.74) is 5.91. The fourth-order valence-corrected chi connectivity index (χ4v) is 2.43. The summed E-state index contributed by atoms with van der Waals surface area (Å²) in [7, 11) is 0. The first kappa shape index (κ1) is 17.4. The molecule has 2 heterocycles. The lowest BCUT2D eigenvalue weighted by Gasteiger charge is -2.36. The first-order valence-corrected chi connectivity index (χ1v) is 7.86. The topological polar surface area (TPSA) is 105 Å². The van der Waals surface area contributed by atoms with Gasteiger partial charge in [0.1, 0.15) is 5.76 Å². The van der Waals surface area contributed by atoms with Crippen LogP contribution in [0.1, 0.15) is 19.6 Å². The van der Waals surface area contributed by atoms with Gasteiger partial charge in [0.15, 0.2) is 5.82 Å². The molecule has 0 aliphatic carbocycles. The minimum Gasteiger partial charge on any atom is -0.360 e. The molecule has 0 saturated carbocycles. The van der Waals surface area contributed by atoms with Gasteiger partial charge < -0.3 is 20.5 Å². The Morgan fingerprint density at radius 1 is 1.35 bits per heavy atom. The molecule has 1 aliphatic heterocycles. The molecule has 2 rings (SSSR count). The van der Waals surface area contributed by atoms with Gasteiger partial charge in [-0.2, -0.15) is 0 Å². The fourth-order valence-electron chi connectivity index (χ4n) is 2.43. The molecule has 3 N–H and O–H groups in total. The summed E-state index contributed by atoms with van der Waals surface area (Å²) in [6, 6.07) is 1.21. The van der Waals surface area contributed by atoms with Crippen LogP contribution in [0.2, 0.25) is 0 Å². The zero-order valence-corrected chi connectivity index (χ0v) is 13.9. The van der Waals surface area contributed by atoms with E-state index < -0.39 is 6.04 Å². The minimum absolute atomic E-state index is 0.0119. The number of aromatic nitrogens is 1. The summed E-state index contributed by atoms with van der Waals surface area (Å²) < 4.78 is 4.90. The van der Waals surface area contributed by atoms with Gasteiger partial charge in [0, 0.05) is 32.2 Å². The summed E-state index contributed by atoms with van der Waals surface area (Å²) in [6.07, 6.45) is 0. The van der Waals surface area contributed by atoms with Crippen molar-refractivity contribution in [3.63, 3.8) is 0 Å². The van der Waals surface area contributed by atoms with Crippen LogP contribution in [0.15, 0.2) is 10.6 Å². The van der Waals surface area contributed by atoms with E-state index in [-0.39, 0.29) is 24.3 Å². The van der Waals surface area contributed by atoms with Crippen LogP contribution in [0.3, 0.4) is 0 Å². The van der Waals surface area contributed by atoms with E-state index in [0.29, 0.717) is 37.8 Å². The predicted octanol–water partition coefficient (Wildman–Crippen LogP) is 0.0490. The highest BCUT2D eigenvalue weighted by Crippen LogP contribution is 2.09. The SMILES string of the molecule is Cc1cc(NC(=O)CN2CCN(C(=O)[C@@H](N)C(C)C)CC2)no1. The van der Waals surface area contributed by atoms with Gasteiger partial charge in [-0.25, -0.2) is 0 Å². The lowest BCUT2D eigenvalue weighted by atomic mass is 10.0. The second kappa shape index (κ2) is 7.56. The fraction of sp³-hybridized carbons (Fsp3) is 0.667. The van der Waals surface area contributed by atoms with Gasteiger partial charge in [0.2, 0.25) is 11.8 Å². The van der Waals surface area contributed by atoms with Crippen LogP contribution in [0, 0.1) is 12.8 Å². The second-order valence-electron chi connectivity index (χ2n) is 6.24. The Morgan fingerprint density at radius 3 is 2.52 bits per heavy atom. The number of rotatable bonds is 5. The molecular formula is C15H25N5O3. The smallest absolute Gasteiger partial charge is 0.239 e. The number of hydrogen-bond donors (Lipinski definition) is 2. The second-order valence-corrected chi connectivity index (χ2v) is 6.24. The lowest BCUT2D eigenvalue weighted by Crippen LogP contribution is -2.55. The molecule has 2 amide bonds. The summed E-state index contributed by atoms with van der Waals surface area (Å²) in [5, 5.41) is 6.42. The molecule has 0 unspecified atom stereocenters. The van der Waals surface area contributed by atoms with Crippen molar-refractivity contribution < 1.29 is 14.1 Å². The standard InChI is InChI=1S/C15H25N5O3/c1-10(2)14(16)15(22)20-6-4-19(5-7-20)9-13(21)17-12-8-11(3)23-18-12/h8,10,14H,4-7,9,16H2,1-3H3,(H,17,18,21)/t14-/m0/s1. The monoisotopic (exact) mass is 323 g/mol. The molecule has 1 atom stereocenters.